The van der Waals surface area contributed by atoms with Crippen LogP contribution in [0.15, 0.2) is 35.2 Å². The third kappa shape index (κ3) is 4.69. The zero-order chi connectivity index (χ0) is 13.3. The van der Waals surface area contributed by atoms with Crippen molar-refractivity contribution >= 4 is 0 Å². The Hall–Kier alpha value is -1.92. The van der Waals surface area contributed by atoms with Gasteiger partial charge in [0.1, 0.15) is 5.75 Å². The molecule has 19 heavy (non-hydrogen) atoms. The molecule has 6 nitrogen and oxygen atoms in total. The fraction of sp³-hybridized carbons (Fsp3) is 0.385. The molecule has 0 aliphatic rings. The second-order valence-electron chi connectivity index (χ2n) is 3.95. The zero-order valence-electron chi connectivity index (χ0n) is 10.8. The van der Waals surface area contributed by atoms with Crippen molar-refractivity contribution in [3.63, 3.8) is 0 Å². The number of hydrogen-bond acceptors (Lipinski definition) is 6. The van der Waals surface area contributed by atoms with Crippen molar-refractivity contribution < 1.29 is 14.0 Å². The Balaban J connectivity index is 1.81. The van der Waals surface area contributed by atoms with Gasteiger partial charge in [0.25, 0.3) is 0 Å². The first kappa shape index (κ1) is 13.5. The quantitative estimate of drug-likeness (QED) is 0.726. The highest BCUT2D eigenvalue weighted by Crippen LogP contribution is 2.14. The Labute approximate surface area is 111 Å². The molecule has 1 N–H and O–H groups in total. The molecule has 0 unspecified atom stereocenters. The summed E-state index contributed by atoms with van der Waals surface area (Å²) in [7, 11) is 1.69. The lowest BCUT2D eigenvalue weighted by atomic mass is 10.2. The van der Waals surface area contributed by atoms with Crippen LogP contribution in [-0.4, -0.2) is 30.4 Å². The molecule has 0 aliphatic heterocycles. The SMILES string of the molecule is COCCNCc1cccc(OCc2ncon2)c1. The van der Waals surface area contributed by atoms with E-state index >= 15 is 0 Å². The van der Waals surface area contributed by atoms with Gasteiger partial charge in [-0.3, -0.25) is 0 Å². The monoisotopic (exact) mass is 263 g/mol. The van der Waals surface area contributed by atoms with E-state index in [1.807, 2.05) is 24.3 Å². The van der Waals surface area contributed by atoms with Crippen molar-refractivity contribution in [1.82, 2.24) is 15.5 Å². The lowest BCUT2D eigenvalue weighted by Crippen LogP contribution is -2.18. The Morgan fingerprint density at radius 1 is 1.37 bits per heavy atom. The average Bonchev–Trinajstić information content (AvgIpc) is 2.95. The predicted octanol–water partition coefficient (Wildman–Crippen LogP) is 1.38. The highest BCUT2D eigenvalue weighted by molar-refractivity contribution is 5.28. The molecule has 6 heteroatoms. The molecule has 0 saturated heterocycles. The fourth-order valence-electron chi connectivity index (χ4n) is 1.56. The molecule has 0 amide bonds. The number of aromatic nitrogens is 2. The highest BCUT2D eigenvalue weighted by atomic mass is 16.5. The third-order valence-corrected chi connectivity index (χ3v) is 2.49. The number of ether oxygens (including phenoxy) is 2. The summed E-state index contributed by atoms with van der Waals surface area (Å²) in [6.45, 7) is 2.61. The van der Waals surface area contributed by atoms with Crippen LogP contribution in [0.4, 0.5) is 0 Å². The molecular formula is C13H17N3O3. The summed E-state index contributed by atoms with van der Waals surface area (Å²) in [5, 5.41) is 6.97. The summed E-state index contributed by atoms with van der Waals surface area (Å²) in [5.74, 6) is 1.32. The summed E-state index contributed by atoms with van der Waals surface area (Å²) in [6.07, 6.45) is 1.29. The van der Waals surface area contributed by atoms with Gasteiger partial charge in [0, 0.05) is 20.2 Å². The number of methoxy groups -OCH3 is 1. The first-order valence-electron chi connectivity index (χ1n) is 6.05. The molecule has 0 bridgehead atoms. The molecule has 0 fully saturated rings. The molecule has 0 radical (unpaired) electrons. The van der Waals surface area contributed by atoms with E-state index in [0.29, 0.717) is 19.0 Å². The van der Waals surface area contributed by atoms with Crippen LogP contribution in [-0.2, 0) is 17.9 Å². The molecule has 2 rings (SSSR count). The van der Waals surface area contributed by atoms with Crippen molar-refractivity contribution in [2.75, 3.05) is 20.3 Å². The number of nitrogens with zero attached hydrogens (tertiary/aromatic N) is 2. The van der Waals surface area contributed by atoms with Gasteiger partial charge in [-0.15, -0.1) is 0 Å². The maximum Gasteiger partial charge on any atom is 0.213 e. The second-order valence-corrected chi connectivity index (χ2v) is 3.95. The largest absolute Gasteiger partial charge is 0.485 e. The van der Waals surface area contributed by atoms with Crippen molar-refractivity contribution in [1.29, 1.82) is 0 Å². The maximum atomic E-state index is 5.58. The van der Waals surface area contributed by atoms with Gasteiger partial charge in [0.05, 0.1) is 6.61 Å². The first-order chi connectivity index (χ1) is 9.38. The van der Waals surface area contributed by atoms with Crippen molar-refractivity contribution in [2.45, 2.75) is 13.2 Å². The van der Waals surface area contributed by atoms with Gasteiger partial charge >= 0.3 is 0 Å². The molecule has 0 atom stereocenters. The van der Waals surface area contributed by atoms with Crippen LogP contribution < -0.4 is 10.1 Å². The van der Waals surface area contributed by atoms with Crippen molar-refractivity contribution in [2.24, 2.45) is 0 Å². The number of nitrogens with one attached hydrogen (secondary N) is 1. The van der Waals surface area contributed by atoms with Gasteiger partial charge in [-0.2, -0.15) is 4.98 Å². The van der Waals surface area contributed by atoms with E-state index in [4.69, 9.17) is 9.47 Å². The first-order valence-corrected chi connectivity index (χ1v) is 6.05. The molecule has 1 aromatic carbocycles. The second kappa shape index (κ2) is 7.50. The van der Waals surface area contributed by atoms with Crippen molar-refractivity contribution in [3.05, 3.63) is 42.0 Å². The minimum atomic E-state index is 0.303. The standard InChI is InChI=1S/C13H17N3O3/c1-17-6-5-14-8-11-3-2-4-12(7-11)18-9-13-15-10-19-16-13/h2-4,7,10,14H,5-6,8-9H2,1H3. The molecule has 102 valence electrons. The van der Waals surface area contributed by atoms with E-state index in [2.05, 4.69) is 20.0 Å². The van der Waals surface area contributed by atoms with Crippen LogP contribution >= 0.6 is 0 Å². The highest BCUT2D eigenvalue weighted by Gasteiger charge is 2.01. The lowest BCUT2D eigenvalue weighted by Gasteiger charge is -2.07. The summed E-state index contributed by atoms with van der Waals surface area (Å²) in [6, 6.07) is 7.89. The molecule has 0 spiro atoms. The summed E-state index contributed by atoms with van der Waals surface area (Å²) in [5.41, 5.74) is 1.15. The van der Waals surface area contributed by atoms with Gasteiger partial charge in [0.15, 0.2) is 6.61 Å². The average molecular weight is 263 g/mol. The molecule has 0 saturated carbocycles. The molecular weight excluding hydrogens is 246 g/mol. The van der Waals surface area contributed by atoms with E-state index in [-0.39, 0.29) is 0 Å². The van der Waals surface area contributed by atoms with Crippen LogP contribution in [0.3, 0.4) is 0 Å². The third-order valence-electron chi connectivity index (χ3n) is 2.49. The molecule has 2 aromatic rings. The van der Waals surface area contributed by atoms with Crippen LogP contribution in [0, 0.1) is 0 Å². The smallest absolute Gasteiger partial charge is 0.213 e. The summed E-state index contributed by atoms with van der Waals surface area (Å²) < 4.78 is 15.2. The topological polar surface area (TPSA) is 69.4 Å². The van der Waals surface area contributed by atoms with E-state index in [0.717, 1.165) is 24.4 Å². The normalized spacial score (nSPS) is 10.6. The van der Waals surface area contributed by atoms with E-state index in [9.17, 15) is 0 Å². The van der Waals surface area contributed by atoms with Crippen LogP contribution in [0.5, 0.6) is 5.75 Å². The minimum Gasteiger partial charge on any atom is -0.485 e. The Morgan fingerprint density at radius 2 is 2.32 bits per heavy atom. The van der Waals surface area contributed by atoms with Crippen LogP contribution in [0.2, 0.25) is 0 Å². The fourth-order valence-corrected chi connectivity index (χ4v) is 1.56. The Kier molecular flexibility index (Phi) is 5.33. The minimum absolute atomic E-state index is 0.303. The Morgan fingerprint density at radius 3 is 3.11 bits per heavy atom. The maximum absolute atomic E-state index is 5.58. The van der Waals surface area contributed by atoms with Gasteiger partial charge in [-0.25, -0.2) is 0 Å². The van der Waals surface area contributed by atoms with E-state index < -0.39 is 0 Å². The molecule has 0 aliphatic carbocycles. The summed E-state index contributed by atoms with van der Waals surface area (Å²) >= 11 is 0. The zero-order valence-corrected chi connectivity index (χ0v) is 10.8. The molecule has 1 aromatic heterocycles. The predicted molar refractivity (Wildman–Crippen MR) is 68.7 cm³/mol. The van der Waals surface area contributed by atoms with Gasteiger partial charge < -0.3 is 19.3 Å². The van der Waals surface area contributed by atoms with Crippen LogP contribution in [0.25, 0.3) is 0 Å². The number of benzene rings is 1. The number of hydrogen-bond donors (Lipinski definition) is 1. The van der Waals surface area contributed by atoms with Gasteiger partial charge in [0.2, 0.25) is 12.2 Å². The van der Waals surface area contributed by atoms with E-state index in [1.54, 1.807) is 7.11 Å². The number of rotatable bonds is 8. The Bertz CT molecular complexity index is 474. The molecule has 1 heterocycles. The van der Waals surface area contributed by atoms with Gasteiger partial charge in [-0.05, 0) is 17.7 Å². The lowest BCUT2D eigenvalue weighted by molar-refractivity contribution is 0.199. The van der Waals surface area contributed by atoms with Crippen LogP contribution in [0.1, 0.15) is 11.4 Å². The summed E-state index contributed by atoms with van der Waals surface area (Å²) in [4.78, 5) is 3.89. The van der Waals surface area contributed by atoms with Crippen molar-refractivity contribution in [3.8, 4) is 5.75 Å². The van der Waals surface area contributed by atoms with Gasteiger partial charge in [-0.1, -0.05) is 17.3 Å². The van der Waals surface area contributed by atoms with E-state index in [1.165, 1.54) is 6.39 Å².